The Kier molecular flexibility index (Phi) is 7.15. The van der Waals surface area contributed by atoms with E-state index in [4.69, 9.17) is 10.1 Å². The minimum Gasteiger partial charge on any atom is -0.396 e. The molecular formula is C21H27N5O3. The molecule has 3 rings (SSSR count). The highest BCUT2D eigenvalue weighted by atomic mass is 16.5. The Bertz CT molecular complexity index is 844. The van der Waals surface area contributed by atoms with Crippen LogP contribution in [0.2, 0.25) is 0 Å². The van der Waals surface area contributed by atoms with Crippen molar-refractivity contribution in [2.24, 2.45) is 5.92 Å². The first-order valence-electron chi connectivity index (χ1n) is 9.73. The number of carbonyl (C=O) groups is 1. The van der Waals surface area contributed by atoms with Crippen molar-refractivity contribution in [2.75, 3.05) is 37.0 Å². The van der Waals surface area contributed by atoms with E-state index in [1.54, 1.807) is 6.07 Å². The second-order valence-electron chi connectivity index (χ2n) is 6.94. The summed E-state index contributed by atoms with van der Waals surface area (Å²) in [6, 6.07) is 10.5. The van der Waals surface area contributed by atoms with Crippen LogP contribution in [0.5, 0.6) is 0 Å². The van der Waals surface area contributed by atoms with E-state index in [-0.39, 0.29) is 18.6 Å². The first-order chi connectivity index (χ1) is 14.1. The van der Waals surface area contributed by atoms with Crippen LogP contribution in [0.3, 0.4) is 0 Å². The molecule has 2 aromatic rings. The van der Waals surface area contributed by atoms with E-state index in [0.717, 1.165) is 11.3 Å². The molecule has 0 radical (unpaired) electrons. The average Bonchev–Trinajstić information content (AvgIpc) is 2.73. The molecule has 2 bridgehead atoms. The Hall–Kier alpha value is -2.97. The van der Waals surface area contributed by atoms with Crippen LogP contribution in [-0.2, 0) is 11.2 Å². The van der Waals surface area contributed by atoms with E-state index in [2.05, 4.69) is 20.9 Å². The summed E-state index contributed by atoms with van der Waals surface area (Å²) in [4.78, 5) is 17.2. The predicted molar refractivity (Wildman–Crippen MR) is 113 cm³/mol. The van der Waals surface area contributed by atoms with E-state index in [9.17, 15) is 9.90 Å². The van der Waals surface area contributed by atoms with Gasteiger partial charge in [0.1, 0.15) is 5.82 Å². The smallest absolute Gasteiger partial charge is 0.320 e. The summed E-state index contributed by atoms with van der Waals surface area (Å²) >= 11 is 0. The van der Waals surface area contributed by atoms with E-state index in [0.29, 0.717) is 43.3 Å². The van der Waals surface area contributed by atoms with Crippen LogP contribution in [0.25, 0.3) is 0 Å². The number of aliphatic hydroxyl groups excluding tert-OH is 1. The van der Waals surface area contributed by atoms with Crippen molar-refractivity contribution in [1.82, 2.24) is 10.3 Å². The van der Waals surface area contributed by atoms with Crippen LogP contribution in [-0.4, -0.2) is 48.7 Å². The number of anilines is 2. The van der Waals surface area contributed by atoms with Gasteiger partial charge in [-0.1, -0.05) is 30.3 Å². The molecule has 1 unspecified atom stereocenters. The third-order valence-corrected chi connectivity index (χ3v) is 4.76. The summed E-state index contributed by atoms with van der Waals surface area (Å²) in [5.74, 6) is 0.211. The molecule has 154 valence electrons. The maximum atomic E-state index is 12.6. The summed E-state index contributed by atoms with van der Waals surface area (Å²) in [6.45, 7) is 3.21. The molecule has 0 spiro atoms. The number of benzene rings is 1. The van der Waals surface area contributed by atoms with Gasteiger partial charge in [0.15, 0.2) is 0 Å². The number of urea groups is 1. The van der Waals surface area contributed by atoms with Gasteiger partial charge in [-0.3, -0.25) is 5.32 Å². The molecule has 0 saturated heterocycles. The second kappa shape index (κ2) is 9.99. The van der Waals surface area contributed by atoms with Gasteiger partial charge in [0, 0.05) is 30.8 Å². The number of hydrogen-bond acceptors (Lipinski definition) is 6. The summed E-state index contributed by atoms with van der Waals surface area (Å²) < 4.78 is 5.86. The molecule has 2 atom stereocenters. The maximum absolute atomic E-state index is 12.6. The average molecular weight is 397 g/mol. The number of carbonyl (C=O) groups excluding carboxylic acids is 1. The summed E-state index contributed by atoms with van der Waals surface area (Å²) in [7, 11) is 0. The van der Waals surface area contributed by atoms with Crippen LogP contribution in [0.4, 0.5) is 16.3 Å². The molecule has 0 saturated carbocycles. The van der Waals surface area contributed by atoms with Gasteiger partial charge >= 0.3 is 6.03 Å². The molecule has 1 aliphatic rings. The lowest BCUT2D eigenvalue weighted by molar-refractivity contribution is 0.0608. The first kappa shape index (κ1) is 20.8. The van der Waals surface area contributed by atoms with Gasteiger partial charge in [-0.2, -0.15) is 0 Å². The van der Waals surface area contributed by atoms with Crippen LogP contribution < -0.4 is 16.0 Å². The predicted octanol–water partition coefficient (Wildman–Crippen LogP) is 2.56. The van der Waals surface area contributed by atoms with Crippen LogP contribution in [0.1, 0.15) is 29.8 Å². The molecule has 8 heteroatoms. The van der Waals surface area contributed by atoms with Crippen molar-refractivity contribution < 1.29 is 14.6 Å². The molecule has 2 heterocycles. The van der Waals surface area contributed by atoms with Gasteiger partial charge in [0.05, 0.1) is 30.6 Å². The first-order valence-corrected chi connectivity index (χ1v) is 9.73. The Morgan fingerprint density at radius 1 is 1.34 bits per heavy atom. The SMILES string of the molecule is CCNc1c(C=N)cc2nc1CC(CO)COC[C@H](c1ccccc1)NC(=O)N2. The summed E-state index contributed by atoms with van der Waals surface area (Å²) in [5.41, 5.74) is 2.98. The third kappa shape index (κ3) is 5.30. The zero-order chi connectivity index (χ0) is 20.6. The second-order valence-corrected chi connectivity index (χ2v) is 6.94. The fraction of sp³-hybridized carbons (Fsp3) is 0.381. The molecule has 2 amide bonds. The monoisotopic (exact) mass is 397 g/mol. The van der Waals surface area contributed by atoms with E-state index < -0.39 is 6.03 Å². The quantitative estimate of drug-likeness (QED) is 0.497. The number of pyridine rings is 1. The number of rotatable bonds is 5. The normalized spacial score (nSPS) is 19.9. The lowest BCUT2D eigenvalue weighted by atomic mass is 10.0. The molecule has 29 heavy (non-hydrogen) atoms. The molecule has 1 aliphatic heterocycles. The minimum atomic E-state index is -0.396. The zero-order valence-electron chi connectivity index (χ0n) is 16.4. The largest absolute Gasteiger partial charge is 0.396 e. The lowest BCUT2D eigenvalue weighted by Gasteiger charge is -2.24. The Labute approximate surface area is 170 Å². The van der Waals surface area contributed by atoms with Crippen molar-refractivity contribution >= 4 is 23.8 Å². The highest BCUT2D eigenvalue weighted by Gasteiger charge is 2.21. The number of ether oxygens (including phenoxy) is 1. The van der Waals surface area contributed by atoms with E-state index in [1.807, 2.05) is 37.3 Å². The molecule has 0 aliphatic carbocycles. The van der Waals surface area contributed by atoms with Gasteiger partial charge in [0.25, 0.3) is 0 Å². The highest BCUT2D eigenvalue weighted by Crippen LogP contribution is 2.25. The minimum absolute atomic E-state index is 0.0484. The van der Waals surface area contributed by atoms with Gasteiger partial charge in [-0.25, -0.2) is 9.78 Å². The number of amides is 2. The van der Waals surface area contributed by atoms with Crippen LogP contribution >= 0.6 is 0 Å². The molecule has 0 fully saturated rings. The maximum Gasteiger partial charge on any atom is 0.320 e. The van der Waals surface area contributed by atoms with Crippen molar-refractivity contribution in [3.8, 4) is 0 Å². The Balaban J connectivity index is 1.95. The van der Waals surface area contributed by atoms with Gasteiger partial charge < -0.3 is 25.9 Å². The number of aromatic nitrogens is 1. The number of hydrogen-bond donors (Lipinski definition) is 5. The summed E-state index contributed by atoms with van der Waals surface area (Å²) in [6.07, 6.45) is 1.70. The van der Waals surface area contributed by atoms with Gasteiger partial charge in [-0.05, 0) is 25.0 Å². The van der Waals surface area contributed by atoms with Crippen molar-refractivity contribution in [3.05, 3.63) is 53.2 Å². The Morgan fingerprint density at radius 3 is 2.83 bits per heavy atom. The van der Waals surface area contributed by atoms with Crippen molar-refractivity contribution in [3.63, 3.8) is 0 Å². The Morgan fingerprint density at radius 2 is 2.14 bits per heavy atom. The lowest BCUT2D eigenvalue weighted by Crippen LogP contribution is -2.36. The van der Waals surface area contributed by atoms with Gasteiger partial charge in [0.2, 0.25) is 0 Å². The van der Waals surface area contributed by atoms with Crippen LogP contribution in [0, 0.1) is 11.3 Å². The molecular weight excluding hydrogens is 370 g/mol. The number of fused-ring (bicyclic) bond motifs is 2. The number of aliphatic hydroxyl groups is 1. The molecule has 1 aromatic carbocycles. The zero-order valence-corrected chi connectivity index (χ0v) is 16.4. The number of nitrogens with zero attached hydrogens (tertiary/aromatic N) is 1. The topological polar surface area (TPSA) is 119 Å². The summed E-state index contributed by atoms with van der Waals surface area (Å²) in [5, 5.41) is 26.5. The standard InChI is InChI=1S/C21H27N5O3/c1-2-23-20-16(10-22)9-19-24-17(20)8-14(11-27)12-29-13-18(25-21(28)26-19)15-6-4-3-5-7-15/h3-7,9-10,14,18,22-23,27H,2,8,11-13H2,1H3,(H2,24,25,26,28)/t14?,18-/m1/s1. The van der Waals surface area contributed by atoms with Crippen LogP contribution in [0.15, 0.2) is 36.4 Å². The highest BCUT2D eigenvalue weighted by molar-refractivity contribution is 5.92. The molecule has 5 N–H and O–H groups in total. The molecule has 8 nitrogen and oxygen atoms in total. The number of nitrogens with one attached hydrogen (secondary N) is 4. The van der Waals surface area contributed by atoms with E-state index in [1.165, 1.54) is 6.21 Å². The van der Waals surface area contributed by atoms with Gasteiger partial charge in [-0.15, -0.1) is 0 Å². The van der Waals surface area contributed by atoms with Crippen molar-refractivity contribution in [1.29, 1.82) is 5.41 Å². The van der Waals surface area contributed by atoms with Crippen molar-refractivity contribution in [2.45, 2.75) is 19.4 Å². The fourth-order valence-corrected chi connectivity index (χ4v) is 3.35. The third-order valence-electron chi connectivity index (χ3n) is 4.76. The fourth-order valence-electron chi connectivity index (χ4n) is 3.35. The molecule has 1 aromatic heterocycles. The van der Waals surface area contributed by atoms with E-state index >= 15 is 0 Å².